The van der Waals surface area contributed by atoms with Crippen LogP contribution < -0.4 is 9.47 Å². The van der Waals surface area contributed by atoms with Crippen LogP contribution in [0.1, 0.15) is 45.6 Å². The molecule has 6 aromatic rings. The predicted molar refractivity (Wildman–Crippen MR) is 163 cm³/mol. The zero-order valence-electron chi connectivity index (χ0n) is 24.2. The number of nitrogens with zero attached hydrogens (tertiary/aromatic N) is 6. The second kappa shape index (κ2) is 12.7. The van der Waals surface area contributed by atoms with Gasteiger partial charge in [0.05, 0.1) is 52.5 Å². The van der Waals surface area contributed by atoms with Crippen molar-refractivity contribution in [1.82, 2.24) is 24.1 Å². The molecule has 0 bridgehead atoms. The number of aromatic carboxylic acids is 1. The smallest absolute Gasteiger partial charge is 0.335 e. The van der Waals surface area contributed by atoms with E-state index in [-0.39, 0.29) is 23.5 Å². The number of aromatic nitrogens is 5. The Kier molecular flexibility index (Phi) is 8.20. The minimum Gasteiger partial charge on any atom is -0.484 e. The number of nitriles is 1. The van der Waals surface area contributed by atoms with Gasteiger partial charge in [0.25, 0.3) is 0 Å². The maximum atomic E-state index is 14.2. The quantitative estimate of drug-likeness (QED) is 0.181. The van der Waals surface area contributed by atoms with Crippen LogP contribution >= 0.6 is 0 Å². The SMILES string of the molecule is CCn1cncc1Cn1c(Cc2ccc(Oc3cccc(COc4ccc(C#N)cc4F)n3)cc2)nc2ccc(C(=O)O)cc21. The van der Waals surface area contributed by atoms with Gasteiger partial charge in [-0.25, -0.2) is 24.1 Å². The molecule has 0 amide bonds. The van der Waals surface area contributed by atoms with Crippen LogP contribution in [0.5, 0.6) is 17.4 Å². The standard InChI is InChI=1S/C34H27FN6O4/c1-2-40-21-37-18-26(40)19-41-30-16-24(34(42)43)9-12-29(30)39-32(41)15-22-6-10-27(11-7-22)45-33-5-3-4-25(38-33)20-44-31-13-8-23(17-36)14-28(31)35/h3-14,16,18,21H,2,15,19-20H2,1H3,(H,42,43). The predicted octanol–water partition coefficient (Wildman–Crippen LogP) is 6.37. The molecule has 0 aliphatic rings. The highest BCUT2D eigenvalue weighted by atomic mass is 19.1. The van der Waals surface area contributed by atoms with Crippen LogP contribution in [0.25, 0.3) is 11.0 Å². The largest absolute Gasteiger partial charge is 0.484 e. The Hall–Kier alpha value is -6.02. The molecule has 0 aliphatic heterocycles. The molecule has 6 rings (SSSR count). The third-order valence-corrected chi connectivity index (χ3v) is 7.26. The van der Waals surface area contributed by atoms with E-state index in [1.165, 1.54) is 12.1 Å². The first kappa shape index (κ1) is 29.1. The number of pyridine rings is 1. The fourth-order valence-corrected chi connectivity index (χ4v) is 4.96. The number of halogens is 1. The van der Waals surface area contributed by atoms with Crippen LogP contribution in [0.2, 0.25) is 0 Å². The topological polar surface area (TPSA) is 128 Å². The first-order chi connectivity index (χ1) is 21.9. The van der Waals surface area contributed by atoms with Gasteiger partial charge >= 0.3 is 5.97 Å². The number of hydrogen-bond donors (Lipinski definition) is 1. The Bertz CT molecular complexity index is 2040. The van der Waals surface area contributed by atoms with E-state index < -0.39 is 11.8 Å². The lowest BCUT2D eigenvalue weighted by Gasteiger charge is -2.12. The van der Waals surface area contributed by atoms with Crippen molar-refractivity contribution >= 4 is 17.0 Å². The van der Waals surface area contributed by atoms with Crippen molar-refractivity contribution < 1.29 is 23.8 Å². The van der Waals surface area contributed by atoms with Crippen LogP contribution in [-0.2, 0) is 26.1 Å². The van der Waals surface area contributed by atoms with Gasteiger partial charge in [0.15, 0.2) is 11.6 Å². The summed E-state index contributed by atoms with van der Waals surface area (Å²) >= 11 is 0. The lowest BCUT2D eigenvalue weighted by atomic mass is 10.1. The molecule has 3 aromatic carbocycles. The van der Waals surface area contributed by atoms with E-state index >= 15 is 0 Å². The molecule has 0 unspecified atom stereocenters. The highest BCUT2D eigenvalue weighted by Gasteiger charge is 2.16. The molecule has 1 N–H and O–H groups in total. The molecule has 0 radical (unpaired) electrons. The van der Waals surface area contributed by atoms with Gasteiger partial charge in [-0.2, -0.15) is 5.26 Å². The summed E-state index contributed by atoms with van der Waals surface area (Å²) in [5.74, 6) is 0.146. The average Bonchev–Trinajstić information content (AvgIpc) is 3.65. The molecule has 224 valence electrons. The highest BCUT2D eigenvalue weighted by molar-refractivity contribution is 5.92. The Labute approximate surface area is 257 Å². The Morgan fingerprint density at radius 2 is 1.89 bits per heavy atom. The van der Waals surface area contributed by atoms with Crippen molar-refractivity contribution in [2.75, 3.05) is 0 Å². The third-order valence-electron chi connectivity index (χ3n) is 7.26. The van der Waals surface area contributed by atoms with Crippen molar-refractivity contribution in [3.63, 3.8) is 0 Å². The van der Waals surface area contributed by atoms with E-state index in [2.05, 4.69) is 9.97 Å². The van der Waals surface area contributed by atoms with E-state index in [4.69, 9.17) is 19.7 Å². The van der Waals surface area contributed by atoms with Gasteiger partial charge in [-0.3, -0.25) is 0 Å². The van der Waals surface area contributed by atoms with E-state index in [9.17, 15) is 14.3 Å². The summed E-state index contributed by atoms with van der Waals surface area (Å²) in [6.45, 7) is 3.32. The zero-order valence-corrected chi connectivity index (χ0v) is 24.2. The van der Waals surface area contributed by atoms with E-state index in [0.29, 0.717) is 30.3 Å². The van der Waals surface area contributed by atoms with Gasteiger partial charge in [0.1, 0.15) is 18.2 Å². The van der Waals surface area contributed by atoms with Crippen LogP contribution in [0, 0.1) is 17.1 Å². The van der Waals surface area contributed by atoms with Crippen molar-refractivity contribution in [3.05, 3.63) is 131 Å². The lowest BCUT2D eigenvalue weighted by molar-refractivity contribution is 0.0697. The number of fused-ring (bicyclic) bond motifs is 1. The molecule has 10 nitrogen and oxygen atoms in total. The summed E-state index contributed by atoms with van der Waals surface area (Å²) in [6, 6.07) is 23.7. The van der Waals surface area contributed by atoms with Crippen molar-refractivity contribution in [2.45, 2.75) is 33.0 Å². The number of hydrogen-bond acceptors (Lipinski definition) is 7. The monoisotopic (exact) mass is 602 g/mol. The van der Waals surface area contributed by atoms with Gasteiger partial charge < -0.3 is 23.7 Å². The summed E-state index contributed by atoms with van der Waals surface area (Å²) in [6.07, 6.45) is 4.10. The molecule has 0 atom stereocenters. The summed E-state index contributed by atoms with van der Waals surface area (Å²) in [7, 11) is 0. The minimum absolute atomic E-state index is 0.0208. The Morgan fingerprint density at radius 3 is 2.64 bits per heavy atom. The van der Waals surface area contributed by atoms with Crippen LogP contribution in [-0.4, -0.2) is 35.2 Å². The lowest BCUT2D eigenvalue weighted by Crippen LogP contribution is -2.10. The van der Waals surface area contributed by atoms with E-state index in [1.807, 2.05) is 52.6 Å². The third kappa shape index (κ3) is 6.50. The molecular formula is C34H27FN6O4. The van der Waals surface area contributed by atoms with Gasteiger partial charge in [0.2, 0.25) is 5.88 Å². The molecule has 0 spiro atoms. The van der Waals surface area contributed by atoms with Crippen LogP contribution in [0.15, 0.2) is 91.4 Å². The summed E-state index contributed by atoms with van der Waals surface area (Å²) in [5, 5.41) is 18.5. The van der Waals surface area contributed by atoms with Crippen molar-refractivity contribution in [1.29, 1.82) is 5.26 Å². The first-order valence-corrected chi connectivity index (χ1v) is 14.2. The van der Waals surface area contributed by atoms with Gasteiger partial charge in [-0.1, -0.05) is 18.2 Å². The maximum absolute atomic E-state index is 14.2. The number of ether oxygens (including phenoxy) is 2. The molecule has 0 aliphatic carbocycles. The van der Waals surface area contributed by atoms with E-state index in [0.717, 1.165) is 40.7 Å². The maximum Gasteiger partial charge on any atom is 0.335 e. The Morgan fingerprint density at radius 1 is 1.04 bits per heavy atom. The van der Waals surface area contributed by atoms with Gasteiger partial charge in [-0.15, -0.1) is 0 Å². The van der Waals surface area contributed by atoms with E-state index in [1.54, 1.807) is 42.7 Å². The second-order valence-corrected chi connectivity index (χ2v) is 10.2. The molecule has 0 fully saturated rings. The molecule has 0 saturated heterocycles. The molecular weight excluding hydrogens is 575 g/mol. The summed E-state index contributed by atoms with van der Waals surface area (Å²) in [5.41, 5.74) is 4.40. The molecule has 11 heteroatoms. The number of carboxylic acids is 1. The van der Waals surface area contributed by atoms with Crippen LogP contribution in [0.3, 0.4) is 0 Å². The molecule has 0 saturated carbocycles. The first-order valence-electron chi connectivity index (χ1n) is 14.2. The molecule has 3 aromatic heterocycles. The fourth-order valence-electron chi connectivity index (χ4n) is 4.96. The number of rotatable bonds is 11. The summed E-state index contributed by atoms with van der Waals surface area (Å²) < 4.78 is 29.8. The van der Waals surface area contributed by atoms with Gasteiger partial charge in [-0.05, 0) is 67.1 Å². The fraction of sp³-hybridized carbons (Fsp3) is 0.147. The Balaban J connectivity index is 1.18. The second-order valence-electron chi connectivity index (χ2n) is 10.2. The highest BCUT2D eigenvalue weighted by Crippen LogP contribution is 2.25. The molecule has 45 heavy (non-hydrogen) atoms. The zero-order chi connectivity index (χ0) is 31.3. The number of carboxylic acid groups (broad SMARTS) is 1. The number of imidazole rings is 2. The van der Waals surface area contributed by atoms with Crippen LogP contribution in [0.4, 0.5) is 4.39 Å². The normalized spacial score (nSPS) is 11.0. The van der Waals surface area contributed by atoms with Gasteiger partial charge in [0, 0.05) is 25.2 Å². The average molecular weight is 603 g/mol. The number of benzene rings is 3. The van der Waals surface area contributed by atoms with Crippen molar-refractivity contribution in [3.8, 4) is 23.4 Å². The minimum atomic E-state index is -0.992. The van der Waals surface area contributed by atoms with Crippen molar-refractivity contribution in [2.24, 2.45) is 0 Å². The number of aryl methyl sites for hydroxylation is 1. The number of carbonyl (C=O) groups is 1. The summed E-state index contributed by atoms with van der Waals surface area (Å²) in [4.78, 5) is 25.3. The molecule has 3 heterocycles.